The predicted molar refractivity (Wildman–Crippen MR) is 83.3 cm³/mol. The Morgan fingerprint density at radius 2 is 1.86 bits per heavy atom. The Labute approximate surface area is 131 Å². The minimum Gasteiger partial charge on any atom is -0.496 e. The summed E-state index contributed by atoms with van der Waals surface area (Å²) in [4.78, 5) is 0. The quantitative estimate of drug-likeness (QED) is 0.885. The van der Waals surface area contributed by atoms with Crippen LogP contribution in [0.1, 0.15) is 56.6 Å². The van der Waals surface area contributed by atoms with E-state index in [0.29, 0.717) is 29.2 Å². The van der Waals surface area contributed by atoms with Gasteiger partial charge in [-0.05, 0) is 25.0 Å². The number of methoxy groups -OCH3 is 1. The van der Waals surface area contributed by atoms with Crippen LogP contribution in [-0.2, 0) is 0 Å². The van der Waals surface area contributed by atoms with Gasteiger partial charge in [-0.15, -0.1) is 0 Å². The minimum atomic E-state index is -0.913. The van der Waals surface area contributed by atoms with Gasteiger partial charge in [-0.25, -0.2) is 0 Å². The van der Waals surface area contributed by atoms with Crippen molar-refractivity contribution in [3.05, 3.63) is 28.8 Å². The lowest BCUT2D eigenvalue weighted by atomic mass is 9.71. The SMILES string of the molecule is COc1cccc(Cl)c1C(O)C1(C#N)CCCCCCC1. The molecule has 0 radical (unpaired) electrons. The third-order valence-electron chi connectivity index (χ3n) is 4.50. The lowest BCUT2D eigenvalue weighted by molar-refractivity contribution is 0.0416. The molecule has 1 aromatic carbocycles. The summed E-state index contributed by atoms with van der Waals surface area (Å²) in [6.07, 6.45) is 5.90. The van der Waals surface area contributed by atoms with E-state index >= 15 is 0 Å². The number of hydrogen-bond donors (Lipinski definition) is 1. The lowest BCUT2D eigenvalue weighted by Crippen LogP contribution is -2.29. The second-order valence-electron chi connectivity index (χ2n) is 5.79. The molecule has 1 unspecified atom stereocenters. The summed E-state index contributed by atoms with van der Waals surface area (Å²) in [5.74, 6) is 0.548. The van der Waals surface area contributed by atoms with Crippen molar-refractivity contribution in [1.82, 2.24) is 0 Å². The number of nitriles is 1. The van der Waals surface area contributed by atoms with Crippen molar-refractivity contribution in [2.75, 3.05) is 7.11 Å². The number of aliphatic hydroxyl groups excluding tert-OH is 1. The molecule has 0 heterocycles. The molecule has 0 aromatic heterocycles. The summed E-state index contributed by atoms with van der Waals surface area (Å²) in [6, 6.07) is 7.69. The maximum Gasteiger partial charge on any atom is 0.126 e. The lowest BCUT2D eigenvalue weighted by Gasteiger charge is -2.34. The Kier molecular flexibility index (Phi) is 5.50. The van der Waals surface area contributed by atoms with Gasteiger partial charge in [0.15, 0.2) is 0 Å². The Morgan fingerprint density at radius 1 is 1.24 bits per heavy atom. The number of aliphatic hydroxyl groups is 1. The molecule has 114 valence electrons. The van der Waals surface area contributed by atoms with Crippen LogP contribution in [-0.4, -0.2) is 12.2 Å². The first-order chi connectivity index (χ1) is 10.1. The molecule has 1 N–H and O–H groups in total. The zero-order valence-electron chi connectivity index (χ0n) is 12.4. The molecular weight excluding hydrogens is 286 g/mol. The van der Waals surface area contributed by atoms with E-state index in [2.05, 4.69) is 6.07 Å². The molecule has 0 spiro atoms. The summed E-state index contributed by atoms with van der Waals surface area (Å²) >= 11 is 6.26. The van der Waals surface area contributed by atoms with Crippen molar-refractivity contribution in [3.63, 3.8) is 0 Å². The van der Waals surface area contributed by atoms with Crippen molar-refractivity contribution in [2.45, 2.75) is 51.0 Å². The number of nitrogens with zero attached hydrogens (tertiary/aromatic N) is 1. The summed E-state index contributed by atoms with van der Waals surface area (Å²) in [7, 11) is 1.55. The van der Waals surface area contributed by atoms with Gasteiger partial charge in [-0.2, -0.15) is 5.26 Å². The average Bonchev–Trinajstić information content (AvgIpc) is 2.47. The summed E-state index contributed by atoms with van der Waals surface area (Å²) in [5, 5.41) is 21.1. The first-order valence-electron chi connectivity index (χ1n) is 7.56. The van der Waals surface area contributed by atoms with Crippen molar-refractivity contribution in [3.8, 4) is 11.8 Å². The molecule has 0 aliphatic heterocycles. The minimum absolute atomic E-state index is 0.457. The number of halogens is 1. The number of benzene rings is 1. The summed E-state index contributed by atoms with van der Waals surface area (Å²) in [6.45, 7) is 0. The molecule has 21 heavy (non-hydrogen) atoms. The van der Waals surface area contributed by atoms with Gasteiger partial charge >= 0.3 is 0 Å². The molecule has 1 aliphatic rings. The van der Waals surface area contributed by atoms with Gasteiger partial charge in [0.05, 0.1) is 23.6 Å². The molecule has 1 saturated carbocycles. The molecule has 1 aliphatic carbocycles. The van der Waals surface area contributed by atoms with E-state index in [0.717, 1.165) is 25.7 Å². The maximum atomic E-state index is 10.9. The molecule has 4 heteroatoms. The van der Waals surface area contributed by atoms with E-state index < -0.39 is 11.5 Å². The third-order valence-corrected chi connectivity index (χ3v) is 4.83. The van der Waals surface area contributed by atoms with Crippen molar-refractivity contribution in [1.29, 1.82) is 5.26 Å². The van der Waals surface area contributed by atoms with Crippen LogP contribution in [0.15, 0.2) is 18.2 Å². The molecule has 3 nitrogen and oxygen atoms in total. The molecule has 1 atom stereocenters. The van der Waals surface area contributed by atoms with E-state index in [1.807, 2.05) is 0 Å². The van der Waals surface area contributed by atoms with Crippen LogP contribution in [0.25, 0.3) is 0 Å². The third kappa shape index (κ3) is 3.33. The van der Waals surface area contributed by atoms with Gasteiger partial charge in [-0.1, -0.05) is 49.8 Å². The normalized spacial score (nSPS) is 19.9. The Bertz CT molecular complexity index is 516. The molecule has 1 aromatic rings. The van der Waals surface area contributed by atoms with E-state index in [1.165, 1.54) is 6.42 Å². The topological polar surface area (TPSA) is 53.2 Å². The van der Waals surface area contributed by atoms with Gasteiger partial charge in [0, 0.05) is 5.56 Å². The van der Waals surface area contributed by atoms with Crippen molar-refractivity contribution in [2.24, 2.45) is 5.41 Å². The molecule has 1 fully saturated rings. The van der Waals surface area contributed by atoms with Gasteiger partial charge < -0.3 is 9.84 Å². The first kappa shape index (κ1) is 16.1. The van der Waals surface area contributed by atoms with E-state index in [4.69, 9.17) is 16.3 Å². The zero-order chi connectivity index (χ0) is 15.3. The summed E-state index contributed by atoms with van der Waals surface area (Å²) in [5.41, 5.74) is -0.220. The van der Waals surface area contributed by atoms with Crippen LogP contribution < -0.4 is 4.74 Å². The van der Waals surface area contributed by atoms with E-state index in [1.54, 1.807) is 25.3 Å². The highest BCUT2D eigenvalue weighted by Gasteiger charge is 2.41. The van der Waals surface area contributed by atoms with Crippen LogP contribution in [0.4, 0.5) is 0 Å². The Morgan fingerprint density at radius 3 is 2.43 bits per heavy atom. The monoisotopic (exact) mass is 307 g/mol. The van der Waals surface area contributed by atoms with Gasteiger partial charge in [0.25, 0.3) is 0 Å². The standard InChI is InChI=1S/C17H22ClNO2/c1-21-14-9-7-8-13(18)15(14)16(20)17(12-19)10-5-3-2-4-6-11-17/h7-9,16,20H,2-6,10-11H2,1H3. The smallest absolute Gasteiger partial charge is 0.126 e. The Hall–Kier alpha value is -1.24. The van der Waals surface area contributed by atoms with Crippen molar-refractivity contribution >= 4 is 11.6 Å². The highest BCUT2D eigenvalue weighted by Crippen LogP contribution is 2.48. The van der Waals surface area contributed by atoms with Crippen LogP contribution in [0, 0.1) is 16.7 Å². The fourth-order valence-electron chi connectivity index (χ4n) is 3.22. The summed E-state index contributed by atoms with van der Waals surface area (Å²) < 4.78 is 5.33. The van der Waals surface area contributed by atoms with Crippen molar-refractivity contribution < 1.29 is 9.84 Å². The highest BCUT2D eigenvalue weighted by atomic mass is 35.5. The second-order valence-corrected chi connectivity index (χ2v) is 6.20. The van der Waals surface area contributed by atoms with Gasteiger partial charge in [0.1, 0.15) is 11.9 Å². The highest BCUT2D eigenvalue weighted by molar-refractivity contribution is 6.31. The van der Waals surface area contributed by atoms with Crippen LogP contribution in [0.2, 0.25) is 5.02 Å². The first-order valence-corrected chi connectivity index (χ1v) is 7.94. The fourth-order valence-corrected chi connectivity index (χ4v) is 3.49. The second kappa shape index (κ2) is 7.15. The largest absolute Gasteiger partial charge is 0.496 e. The van der Waals surface area contributed by atoms with Crippen LogP contribution in [0.5, 0.6) is 5.75 Å². The van der Waals surface area contributed by atoms with E-state index in [-0.39, 0.29) is 0 Å². The van der Waals surface area contributed by atoms with Gasteiger partial charge in [-0.3, -0.25) is 0 Å². The fraction of sp³-hybridized carbons (Fsp3) is 0.588. The molecule has 0 bridgehead atoms. The molecule has 2 rings (SSSR count). The van der Waals surface area contributed by atoms with Crippen LogP contribution >= 0.6 is 11.6 Å². The number of rotatable bonds is 3. The maximum absolute atomic E-state index is 10.9. The zero-order valence-corrected chi connectivity index (χ0v) is 13.2. The van der Waals surface area contributed by atoms with Gasteiger partial charge in [0.2, 0.25) is 0 Å². The predicted octanol–water partition coefficient (Wildman–Crippen LogP) is 4.64. The van der Waals surface area contributed by atoms with E-state index in [9.17, 15) is 10.4 Å². The average molecular weight is 308 g/mol. The molecule has 0 amide bonds. The number of hydrogen-bond acceptors (Lipinski definition) is 3. The Balaban J connectivity index is 2.39. The molecule has 0 saturated heterocycles. The number of ether oxygens (including phenoxy) is 1. The van der Waals surface area contributed by atoms with Crippen LogP contribution in [0.3, 0.4) is 0 Å². The molecular formula is C17H22ClNO2.